The number of nitrogens with zero attached hydrogens (tertiary/aromatic N) is 1. The Balaban J connectivity index is 2.07. The Kier molecular flexibility index (Phi) is 2.52. The molecule has 2 bridgehead atoms. The molecule has 1 amide bonds. The van der Waals surface area contributed by atoms with E-state index in [-0.39, 0.29) is 24.0 Å². The maximum Gasteiger partial charge on any atom is 0.411 e. The predicted molar refractivity (Wildman–Crippen MR) is 59.0 cm³/mol. The zero-order valence-corrected chi connectivity index (χ0v) is 9.90. The molecule has 1 unspecified atom stereocenters. The van der Waals surface area contributed by atoms with Gasteiger partial charge in [-0.3, -0.25) is 9.69 Å². The molecule has 4 nitrogen and oxygen atoms in total. The van der Waals surface area contributed by atoms with E-state index in [4.69, 9.17) is 4.74 Å². The normalized spacial score (nSPS) is 28.4. The maximum atomic E-state index is 11.9. The van der Waals surface area contributed by atoms with Crippen LogP contribution < -0.4 is 0 Å². The summed E-state index contributed by atoms with van der Waals surface area (Å²) in [7, 11) is 0. The van der Waals surface area contributed by atoms with Gasteiger partial charge in [-0.25, -0.2) is 4.79 Å². The topological polar surface area (TPSA) is 46.6 Å². The van der Waals surface area contributed by atoms with Gasteiger partial charge in [0, 0.05) is 12.8 Å². The van der Waals surface area contributed by atoms with E-state index in [1.54, 1.807) is 4.90 Å². The summed E-state index contributed by atoms with van der Waals surface area (Å²) in [6, 6.07) is -0.192. The Morgan fingerprint density at radius 3 is 2.25 bits per heavy atom. The number of ether oxygens (including phenoxy) is 1. The summed E-state index contributed by atoms with van der Waals surface area (Å²) in [5.74, 6) is 0.222. The minimum Gasteiger partial charge on any atom is -0.444 e. The van der Waals surface area contributed by atoms with Crippen LogP contribution in [0.15, 0.2) is 12.2 Å². The molecule has 2 rings (SSSR count). The molecular formula is C12H17NO3. The lowest BCUT2D eigenvalue weighted by atomic mass is 10.0. The number of amides is 1. The van der Waals surface area contributed by atoms with Gasteiger partial charge in [0.05, 0.1) is 12.1 Å². The van der Waals surface area contributed by atoms with Crippen LogP contribution in [0.2, 0.25) is 0 Å². The maximum absolute atomic E-state index is 11.9. The average Bonchev–Trinajstić information content (AvgIpc) is 2.36. The first-order valence-electron chi connectivity index (χ1n) is 5.58. The Morgan fingerprint density at radius 2 is 1.81 bits per heavy atom. The Labute approximate surface area is 95.2 Å². The van der Waals surface area contributed by atoms with Crippen molar-refractivity contribution in [2.24, 2.45) is 0 Å². The molecule has 0 radical (unpaired) electrons. The highest BCUT2D eigenvalue weighted by atomic mass is 16.6. The number of carbonyl (C=O) groups is 2. The summed E-state index contributed by atoms with van der Waals surface area (Å²) < 4.78 is 5.33. The highest BCUT2D eigenvalue weighted by Gasteiger charge is 2.41. The van der Waals surface area contributed by atoms with Crippen molar-refractivity contribution < 1.29 is 14.3 Å². The zero-order valence-electron chi connectivity index (χ0n) is 9.90. The van der Waals surface area contributed by atoms with Crippen LogP contribution in [0.1, 0.15) is 33.6 Å². The second-order valence-corrected chi connectivity index (χ2v) is 5.35. The molecule has 1 saturated heterocycles. The molecule has 2 aliphatic rings. The summed E-state index contributed by atoms with van der Waals surface area (Å²) in [5, 5.41) is 0. The molecule has 2 atom stereocenters. The second kappa shape index (κ2) is 3.61. The van der Waals surface area contributed by atoms with Crippen molar-refractivity contribution in [1.29, 1.82) is 0 Å². The van der Waals surface area contributed by atoms with Crippen LogP contribution in [-0.4, -0.2) is 34.5 Å². The molecule has 0 saturated carbocycles. The van der Waals surface area contributed by atoms with Crippen molar-refractivity contribution in [2.45, 2.75) is 51.3 Å². The summed E-state index contributed by atoms with van der Waals surface area (Å²) in [6.45, 7) is 5.53. The van der Waals surface area contributed by atoms with Crippen molar-refractivity contribution in [3.8, 4) is 0 Å². The molecule has 16 heavy (non-hydrogen) atoms. The molecule has 0 aromatic rings. The van der Waals surface area contributed by atoms with Gasteiger partial charge in [-0.1, -0.05) is 12.2 Å². The van der Waals surface area contributed by atoms with Crippen molar-refractivity contribution in [3.63, 3.8) is 0 Å². The quantitative estimate of drug-likeness (QED) is 0.589. The average molecular weight is 223 g/mol. The van der Waals surface area contributed by atoms with E-state index in [1.807, 2.05) is 32.9 Å². The summed E-state index contributed by atoms with van der Waals surface area (Å²) in [5.41, 5.74) is -0.488. The van der Waals surface area contributed by atoms with Crippen LogP contribution in [-0.2, 0) is 9.53 Å². The van der Waals surface area contributed by atoms with Crippen LogP contribution in [0.4, 0.5) is 4.79 Å². The number of rotatable bonds is 0. The molecule has 88 valence electrons. The molecule has 0 aromatic heterocycles. The fourth-order valence-electron chi connectivity index (χ4n) is 2.16. The van der Waals surface area contributed by atoms with Gasteiger partial charge in [-0.15, -0.1) is 0 Å². The van der Waals surface area contributed by atoms with Gasteiger partial charge >= 0.3 is 6.09 Å². The third-order valence-electron chi connectivity index (χ3n) is 2.75. The zero-order chi connectivity index (χ0) is 11.9. The summed E-state index contributed by atoms with van der Waals surface area (Å²) in [6.07, 6.45) is 4.39. The molecule has 0 spiro atoms. The first-order chi connectivity index (χ1) is 7.37. The fraction of sp³-hybridized carbons (Fsp3) is 0.667. The van der Waals surface area contributed by atoms with Crippen molar-refractivity contribution in [2.75, 3.05) is 0 Å². The highest BCUT2D eigenvalue weighted by Crippen LogP contribution is 2.29. The van der Waals surface area contributed by atoms with Crippen LogP contribution in [0.5, 0.6) is 0 Å². The number of hydrogen-bond acceptors (Lipinski definition) is 3. The smallest absolute Gasteiger partial charge is 0.411 e. The predicted octanol–water partition coefficient (Wildman–Crippen LogP) is 1.89. The lowest BCUT2D eigenvalue weighted by molar-refractivity contribution is -0.122. The van der Waals surface area contributed by atoms with E-state index < -0.39 is 5.60 Å². The van der Waals surface area contributed by atoms with E-state index in [1.165, 1.54) is 0 Å². The molecule has 4 heteroatoms. The van der Waals surface area contributed by atoms with Gasteiger partial charge < -0.3 is 4.74 Å². The Bertz CT molecular complexity index is 336. The van der Waals surface area contributed by atoms with Gasteiger partial charge in [0.25, 0.3) is 0 Å². The van der Waals surface area contributed by atoms with Gasteiger partial charge in [0.2, 0.25) is 0 Å². The summed E-state index contributed by atoms with van der Waals surface area (Å²) in [4.78, 5) is 25.0. The minimum atomic E-state index is -0.488. The van der Waals surface area contributed by atoms with E-state index in [0.717, 1.165) is 0 Å². The number of ketones is 1. The van der Waals surface area contributed by atoms with Crippen molar-refractivity contribution in [3.05, 3.63) is 12.2 Å². The first-order valence-corrected chi connectivity index (χ1v) is 5.58. The highest BCUT2D eigenvalue weighted by molar-refractivity contribution is 5.85. The first kappa shape index (κ1) is 11.2. The number of carbonyl (C=O) groups excluding carboxylic acids is 2. The Hall–Kier alpha value is -1.32. The third kappa shape index (κ3) is 2.10. The van der Waals surface area contributed by atoms with Gasteiger partial charge in [0.15, 0.2) is 0 Å². The third-order valence-corrected chi connectivity index (χ3v) is 2.75. The lowest BCUT2D eigenvalue weighted by Gasteiger charge is -2.35. The van der Waals surface area contributed by atoms with E-state index >= 15 is 0 Å². The number of Topliss-reactive ketones (excluding diaryl/α,β-unsaturated/α-hetero) is 1. The molecular weight excluding hydrogens is 206 g/mol. The van der Waals surface area contributed by atoms with Crippen LogP contribution >= 0.6 is 0 Å². The molecule has 1 fully saturated rings. The molecule has 0 aliphatic carbocycles. The van der Waals surface area contributed by atoms with Gasteiger partial charge in [-0.05, 0) is 20.8 Å². The van der Waals surface area contributed by atoms with Gasteiger partial charge in [-0.2, -0.15) is 0 Å². The Morgan fingerprint density at radius 1 is 1.31 bits per heavy atom. The molecule has 2 heterocycles. The summed E-state index contributed by atoms with van der Waals surface area (Å²) >= 11 is 0. The van der Waals surface area contributed by atoms with Gasteiger partial charge in [0.1, 0.15) is 11.4 Å². The van der Waals surface area contributed by atoms with Crippen LogP contribution in [0, 0.1) is 0 Å². The van der Waals surface area contributed by atoms with Crippen molar-refractivity contribution >= 4 is 11.9 Å². The molecule has 0 aromatic carbocycles. The number of piperidine rings is 1. The standard InChI is InChI=1S/C12H17NO3/c1-12(2,3)16-11(15)13-8-4-5-9(13)7-10(14)6-8/h4-5,8-9H,6-7H2,1-3H3/t8-,9?/m1/s1. The minimum absolute atomic E-state index is 0.0962. The van der Waals surface area contributed by atoms with Crippen LogP contribution in [0.3, 0.4) is 0 Å². The number of hydrogen-bond donors (Lipinski definition) is 0. The lowest BCUT2D eigenvalue weighted by Crippen LogP contribution is -2.49. The van der Waals surface area contributed by atoms with Crippen LogP contribution in [0.25, 0.3) is 0 Å². The van der Waals surface area contributed by atoms with E-state index in [9.17, 15) is 9.59 Å². The monoisotopic (exact) mass is 223 g/mol. The van der Waals surface area contributed by atoms with E-state index in [2.05, 4.69) is 0 Å². The number of fused-ring (bicyclic) bond motifs is 2. The SMILES string of the molecule is CC(C)(C)OC(=O)N1C2C=C[C@@H]1CC(=O)C2. The molecule has 0 N–H and O–H groups in total. The fourth-order valence-corrected chi connectivity index (χ4v) is 2.16. The largest absolute Gasteiger partial charge is 0.444 e. The van der Waals surface area contributed by atoms with E-state index in [0.29, 0.717) is 12.8 Å². The molecule has 2 aliphatic heterocycles. The second-order valence-electron chi connectivity index (χ2n) is 5.35. The van der Waals surface area contributed by atoms with Crippen molar-refractivity contribution in [1.82, 2.24) is 4.90 Å².